The topological polar surface area (TPSA) is 71.7 Å². The van der Waals surface area contributed by atoms with Crippen LogP contribution < -0.4 is 4.74 Å². The van der Waals surface area contributed by atoms with Gasteiger partial charge in [0.15, 0.2) is 5.82 Å². The van der Waals surface area contributed by atoms with Gasteiger partial charge in [-0.1, -0.05) is 28.4 Å². The molecule has 2 heterocycles. The molecule has 3 aromatic rings. The molecule has 9 heteroatoms. The van der Waals surface area contributed by atoms with E-state index in [-0.39, 0.29) is 5.91 Å². The molecule has 0 atom stereocenters. The van der Waals surface area contributed by atoms with Crippen LogP contribution in [0, 0.1) is 0 Å². The first-order valence-corrected chi connectivity index (χ1v) is 10.2. The standard InChI is InChI=1S/C21H20Cl2N4O3/c1-29-16-5-2-14(3-6-16)20-24-19(25-30-20)13-26-8-10-27(11-9-26)21(28)17-7-4-15(22)12-18(17)23/h2-7,12H,8-11,13H2,1H3. The summed E-state index contributed by atoms with van der Waals surface area (Å²) >= 11 is 12.1. The highest BCUT2D eigenvalue weighted by Gasteiger charge is 2.24. The molecule has 7 nitrogen and oxygen atoms in total. The number of rotatable bonds is 5. The molecule has 0 spiro atoms. The van der Waals surface area contributed by atoms with Crippen LogP contribution in [0.25, 0.3) is 11.5 Å². The number of amides is 1. The first-order valence-electron chi connectivity index (χ1n) is 9.47. The van der Waals surface area contributed by atoms with E-state index < -0.39 is 0 Å². The van der Waals surface area contributed by atoms with Crippen LogP contribution in [0.2, 0.25) is 10.0 Å². The van der Waals surface area contributed by atoms with E-state index in [9.17, 15) is 4.79 Å². The minimum absolute atomic E-state index is 0.0855. The molecule has 1 aliphatic rings. The summed E-state index contributed by atoms with van der Waals surface area (Å²) in [4.78, 5) is 21.2. The van der Waals surface area contributed by atoms with Gasteiger partial charge in [0.2, 0.25) is 0 Å². The number of nitrogens with zero attached hydrogens (tertiary/aromatic N) is 4. The van der Waals surface area contributed by atoms with Gasteiger partial charge in [-0.25, -0.2) is 0 Å². The van der Waals surface area contributed by atoms with Gasteiger partial charge in [0.1, 0.15) is 5.75 Å². The molecule has 0 saturated carbocycles. The van der Waals surface area contributed by atoms with Gasteiger partial charge < -0.3 is 14.2 Å². The summed E-state index contributed by atoms with van der Waals surface area (Å²) < 4.78 is 10.5. The van der Waals surface area contributed by atoms with Crippen LogP contribution in [-0.4, -0.2) is 59.1 Å². The van der Waals surface area contributed by atoms with Crippen LogP contribution in [0.3, 0.4) is 0 Å². The lowest BCUT2D eigenvalue weighted by atomic mass is 10.1. The van der Waals surface area contributed by atoms with Crippen molar-refractivity contribution in [3.05, 3.63) is 63.9 Å². The third-order valence-corrected chi connectivity index (χ3v) is 5.54. The Balaban J connectivity index is 1.33. The summed E-state index contributed by atoms with van der Waals surface area (Å²) in [6.07, 6.45) is 0. The SMILES string of the molecule is COc1ccc(-c2nc(CN3CCN(C(=O)c4ccc(Cl)cc4Cl)CC3)no2)cc1. The van der Waals surface area contributed by atoms with Gasteiger partial charge in [0.05, 0.1) is 24.2 Å². The third-order valence-electron chi connectivity index (χ3n) is 4.99. The van der Waals surface area contributed by atoms with Crippen molar-refractivity contribution < 1.29 is 14.1 Å². The van der Waals surface area contributed by atoms with E-state index >= 15 is 0 Å². The second-order valence-corrected chi connectivity index (χ2v) is 7.78. The molecule has 30 heavy (non-hydrogen) atoms. The number of aromatic nitrogens is 2. The lowest BCUT2D eigenvalue weighted by molar-refractivity contribution is 0.0624. The summed E-state index contributed by atoms with van der Waals surface area (Å²) in [7, 11) is 1.62. The van der Waals surface area contributed by atoms with Gasteiger partial charge in [-0.05, 0) is 42.5 Å². The molecule has 0 aliphatic carbocycles. The highest BCUT2D eigenvalue weighted by molar-refractivity contribution is 6.36. The maximum absolute atomic E-state index is 12.7. The van der Waals surface area contributed by atoms with E-state index in [0.717, 1.165) is 11.3 Å². The molecule has 1 fully saturated rings. The molecule has 1 amide bonds. The number of benzene rings is 2. The molecule has 4 rings (SSSR count). The maximum Gasteiger partial charge on any atom is 0.257 e. The highest BCUT2D eigenvalue weighted by atomic mass is 35.5. The van der Waals surface area contributed by atoms with Crippen molar-refractivity contribution in [1.29, 1.82) is 0 Å². The predicted molar refractivity (Wildman–Crippen MR) is 114 cm³/mol. The second kappa shape index (κ2) is 9.04. The minimum atomic E-state index is -0.0855. The fraction of sp³-hybridized carbons (Fsp3) is 0.286. The van der Waals surface area contributed by atoms with Crippen molar-refractivity contribution in [2.75, 3.05) is 33.3 Å². The summed E-state index contributed by atoms with van der Waals surface area (Å²) in [5.74, 6) is 1.77. The van der Waals surface area contributed by atoms with Crippen molar-refractivity contribution in [2.24, 2.45) is 0 Å². The highest BCUT2D eigenvalue weighted by Crippen LogP contribution is 2.24. The first-order chi connectivity index (χ1) is 14.5. The fourth-order valence-corrected chi connectivity index (χ4v) is 3.80. The number of hydrogen-bond acceptors (Lipinski definition) is 6. The van der Waals surface area contributed by atoms with Gasteiger partial charge in [-0.2, -0.15) is 4.98 Å². The largest absolute Gasteiger partial charge is 0.497 e. The zero-order valence-corrected chi connectivity index (χ0v) is 17.9. The van der Waals surface area contributed by atoms with Gasteiger partial charge in [0, 0.05) is 36.8 Å². The van der Waals surface area contributed by atoms with Crippen LogP contribution in [-0.2, 0) is 6.54 Å². The molecule has 156 valence electrons. The van der Waals surface area contributed by atoms with Crippen molar-refractivity contribution >= 4 is 29.1 Å². The predicted octanol–water partition coefficient (Wildman–Crippen LogP) is 4.01. The molecule has 0 radical (unpaired) electrons. The quantitative estimate of drug-likeness (QED) is 0.589. The normalized spacial score (nSPS) is 14.7. The minimum Gasteiger partial charge on any atom is -0.497 e. The third kappa shape index (κ3) is 4.59. The summed E-state index contributed by atoms with van der Waals surface area (Å²) in [6.45, 7) is 3.18. The Morgan fingerprint density at radius 2 is 1.83 bits per heavy atom. The van der Waals surface area contributed by atoms with E-state index in [0.29, 0.717) is 60.0 Å². The number of piperazine rings is 1. The monoisotopic (exact) mass is 446 g/mol. The van der Waals surface area contributed by atoms with E-state index in [2.05, 4.69) is 15.0 Å². The number of carbonyl (C=O) groups excluding carboxylic acids is 1. The van der Waals surface area contributed by atoms with Crippen molar-refractivity contribution in [3.8, 4) is 17.2 Å². The molecule has 2 aromatic carbocycles. The van der Waals surface area contributed by atoms with E-state index in [1.807, 2.05) is 24.3 Å². The summed E-state index contributed by atoms with van der Waals surface area (Å²) in [5.41, 5.74) is 1.31. The smallest absolute Gasteiger partial charge is 0.257 e. The average molecular weight is 447 g/mol. The number of carbonyl (C=O) groups is 1. The lowest BCUT2D eigenvalue weighted by Gasteiger charge is -2.34. The van der Waals surface area contributed by atoms with E-state index in [1.165, 1.54) is 0 Å². The van der Waals surface area contributed by atoms with Crippen LogP contribution in [0.15, 0.2) is 47.0 Å². The zero-order valence-electron chi connectivity index (χ0n) is 16.3. The molecule has 0 N–H and O–H groups in total. The van der Waals surface area contributed by atoms with Crippen LogP contribution in [0.4, 0.5) is 0 Å². The van der Waals surface area contributed by atoms with Crippen LogP contribution in [0.5, 0.6) is 5.75 Å². The Bertz CT molecular complexity index is 1030. The van der Waals surface area contributed by atoms with Crippen molar-refractivity contribution in [1.82, 2.24) is 19.9 Å². The van der Waals surface area contributed by atoms with Gasteiger partial charge in [0.25, 0.3) is 11.8 Å². The van der Waals surface area contributed by atoms with Gasteiger partial charge in [-0.3, -0.25) is 9.69 Å². The molecular weight excluding hydrogens is 427 g/mol. The van der Waals surface area contributed by atoms with E-state index in [4.69, 9.17) is 32.5 Å². The Morgan fingerprint density at radius 1 is 1.10 bits per heavy atom. The summed E-state index contributed by atoms with van der Waals surface area (Å²) in [5, 5.41) is 4.96. The Labute approximate surface area is 184 Å². The molecule has 1 aliphatic heterocycles. The molecule has 1 saturated heterocycles. The van der Waals surface area contributed by atoms with Crippen molar-refractivity contribution in [3.63, 3.8) is 0 Å². The molecule has 0 unspecified atom stereocenters. The zero-order chi connectivity index (χ0) is 21.1. The van der Waals surface area contributed by atoms with E-state index in [1.54, 1.807) is 30.2 Å². The second-order valence-electron chi connectivity index (χ2n) is 6.94. The Morgan fingerprint density at radius 3 is 2.50 bits per heavy atom. The number of methoxy groups -OCH3 is 1. The maximum atomic E-state index is 12.7. The summed E-state index contributed by atoms with van der Waals surface area (Å²) in [6, 6.07) is 12.4. The van der Waals surface area contributed by atoms with Crippen molar-refractivity contribution in [2.45, 2.75) is 6.54 Å². The van der Waals surface area contributed by atoms with Crippen LogP contribution in [0.1, 0.15) is 16.2 Å². The first kappa shape index (κ1) is 20.7. The van der Waals surface area contributed by atoms with Gasteiger partial charge in [-0.15, -0.1) is 0 Å². The number of hydrogen-bond donors (Lipinski definition) is 0. The molecule has 0 bridgehead atoms. The fourth-order valence-electron chi connectivity index (χ4n) is 3.31. The lowest BCUT2D eigenvalue weighted by Crippen LogP contribution is -2.48. The van der Waals surface area contributed by atoms with Crippen LogP contribution >= 0.6 is 23.2 Å². The van der Waals surface area contributed by atoms with Gasteiger partial charge >= 0.3 is 0 Å². The number of ether oxygens (including phenoxy) is 1. The Hall–Kier alpha value is -2.61. The Kier molecular flexibility index (Phi) is 6.22. The molecular formula is C21H20Cl2N4O3. The average Bonchev–Trinajstić information content (AvgIpc) is 3.22. The molecule has 1 aromatic heterocycles. The number of halogens is 2.